The van der Waals surface area contributed by atoms with E-state index in [2.05, 4.69) is 56.3 Å². The van der Waals surface area contributed by atoms with Crippen molar-refractivity contribution in [2.75, 3.05) is 0 Å². The molecule has 29 heavy (non-hydrogen) atoms. The molecule has 1 N–H and O–H groups in total. The van der Waals surface area contributed by atoms with Crippen molar-refractivity contribution in [3.63, 3.8) is 0 Å². The number of benzene rings is 3. The summed E-state index contributed by atoms with van der Waals surface area (Å²) in [6, 6.07) is 20.4. The second-order valence-corrected chi connectivity index (χ2v) is 8.95. The molecular formula is C25H28O3S. The van der Waals surface area contributed by atoms with Crippen molar-refractivity contribution in [1.82, 2.24) is 0 Å². The molecule has 0 aliphatic heterocycles. The zero-order valence-electron chi connectivity index (χ0n) is 17.3. The normalized spacial score (nSPS) is 11.6. The zero-order chi connectivity index (χ0) is 21.0. The van der Waals surface area contributed by atoms with Crippen LogP contribution in [0, 0.1) is 6.92 Å². The van der Waals surface area contributed by atoms with Crippen molar-refractivity contribution in [2.45, 2.75) is 51.3 Å². The maximum atomic E-state index is 11.5. The van der Waals surface area contributed by atoms with Crippen LogP contribution in [0.1, 0.15) is 52.8 Å². The van der Waals surface area contributed by atoms with Gasteiger partial charge in [0.2, 0.25) is 0 Å². The van der Waals surface area contributed by atoms with Gasteiger partial charge in [0, 0.05) is 0 Å². The molecule has 0 fully saturated rings. The van der Waals surface area contributed by atoms with E-state index in [1.807, 2.05) is 13.0 Å². The highest BCUT2D eigenvalue weighted by Crippen LogP contribution is 2.21. The first kappa shape index (κ1) is 21.3. The summed E-state index contributed by atoms with van der Waals surface area (Å²) in [5.74, 6) is 0. The fourth-order valence-electron chi connectivity index (χ4n) is 3.81. The van der Waals surface area contributed by atoms with Gasteiger partial charge >= 0.3 is 0 Å². The SMILES string of the molecule is CCc1cc(Cc2cccc(Cc3ccc(S(=O)(=O)O)c(CC)c3)c2)ccc1C. The second-order valence-electron chi connectivity index (χ2n) is 7.56. The first-order valence-corrected chi connectivity index (χ1v) is 11.5. The van der Waals surface area contributed by atoms with Crippen molar-refractivity contribution < 1.29 is 13.0 Å². The van der Waals surface area contributed by atoms with Gasteiger partial charge in [0.1, 0.15) is 0 Å². The Bertz CT molecular complexity index is 1110. The fraction of sp³-hybridized carbons (Fsp3) is 0.280. The third-order valence-corrected chi connectivity index (χ3v) is 6.34. The average molecular weight is 409 g/mol. The zero-order valence-corrected chi connectivity index (χ0v) is 18.1. The highest BCUT2D eigenvalue weighted by atomic mass is 32.2. The van der Waals surface area contributed by atoms with E-state index >= 15 is 0 Å². The molecule has 0 bridgehead atoms. The molecule has 4 heteroatoms. The summed E-state index contributed by atoms with van der Waals surface area (Å²) < 4.78 is 32.4. The lowest BCUT2D eigenvalue weighted by Crippen LogP contribution is -2.03. The van der Waals surface area contributed by atoms with Crippen molar-refractivity contribution in [2.24, 2.45) is 0 Å². The van der Waals surface area contributed by atoms with Crippen LogP contribution in [0.15, 0.2) is 65.6 Å². The molecule has 3 aromatic rings. The van der Waals surface area contributed by atoms with E-state index in [4.69, 9.17) is 0 Å². The Morgan fingerprint density at radius 1 is 0.724 bits per heavy atom. The van der Waals surface area contributed by atoms with Crippen LogP contribution in [0.2, 0.25) is 0 Å². The van der Waals surface area contributed by atoms with Crippen LogP contribution in [0.3, 0.4) is 0 Å². The molecule has 0 spiro atoms. The highest BCUT2D eigenvalue weighted by molar-refractivity contribution is 7.85. The number of rotatable bonds is 7. The van der Waals surface area contributed by atoms with Gasteiger partial charge in [0.05, 0.1) is 4.90 Å². The molecule has 3 aromatic carbocycles. The molecule has 0 amide bonds. The minimum atomic E-state index is -4.19. The second kappa shape index (κ2) is 8.93. The molecule has 0 aromatic heterocycles. The largest absolute Gasteiger partial charge is 0.294 e. The van der Waals surface area contributed by atoms with Gasteiger partial charge in [-0.1, -0.05) is 68.4 Å². The first-order valence-electron chi connectivity index (χ1n) is 10.1. The first-order chi connectivity index (χ1) is 13.8. The molecule has 0 radical (unpaired) electrons. The summed E-state index contributed by atoms with van der Waals surface area (Å²) >= 11 is 0. The third-order valence-electron chi connectivity index (χ3n) is 5.39. The van der Waals surface area contributed by atoms with Crippen LogP contribution < -0.4 is 0 Å². The van der Waals surface area contributed by atoms with Gasteiger partial charge in [-0.2, -0.15) is 8.42 Å². The lowest BCUT2D eigenvalue weighted by atomic mass is 9.96. The van der Waals surface area contributed by atoms with Crippen molar-refractivity contribution in [3.05, 3.63) is 99.6 Å². The molecule has 0 saturated heterocycles. The van der Waals surface area contributed by atoms with E-state index in [-0.39, 0.29) is 4.90 Å². The lowest BCUT2D eigenvalue weighted by Gasteiger charge is -2.11. The van der Waals surface area contributed by atoms with Gasteiger partial charge in [0.25, 0.3) is 10.1 Å². The Balaban J connectivity index is 1.81. The summed E-state index contributed by atoms with van der Waals surface area (Å²) in [5, 5.41) is 0. The summed E-state index contributed by atoms with van der Waals surface area (Å²) in [6.45, 7) is 6.23. The van der Waals surface area contributed by atoms with Crippen LogP contribution >= 0.6 is 0 Å². The Labute approximate surface area is 174 Å². The molecule has 3 rings (SSSR count). The van der Waals surface area contributed by atoms with E-state index in [0.717, 1.165) is 24.8 Å². The van der Waals surface area contributed by atoms with Crippen LogP contribution in [0.4, 0.5) is 0 Å². The van der Waals surface area contributed by atoms with Crippen molar-refractivity contribution in [1.29, 1.82) is 0 Å². The molecule has 0 aliphatic rings. The van der Waals surface area contributed by atoms with E-state index in [1.54, 1.807) is 6.07 Å². The van der Waals surface area contributed by atoms with Crippen LogP contribution in [0.5, 0.6) is 0 Å². The van der Waals surface area contributed by atoms with Crippen LogP contribution in [-0.4, -0.2) is 13.0 Å². The van der Waals surface area contributed by atoms with Gasteiger partial charge in [-0.25, -0.2) is 0 Å². The Morgan fingerprint density at radius 3 is 1.79 bits per heavy atom. The number of hydrogen-bond acceptors (Lipinski definition) is 2. The van der Waals surface area contributed by atoms with E-state index in [0.29, 0.717) is 12.0 Å². The number of aryl methyl sites for hydroxylation is 3. The predicted octanol–water partition coefficient (Wildman–Crippen LogP) is 5.55. The molecule has 0 saturated carbocycles. The predicted molar refractivity (Wildman–Crippen MR) is 118 cm³/mol. The summed E-state index contributed by atoms with van der Waals surface area (Å²) in [4.78, 5) is 0.00333. The van der Waals surface area contributed by atoms with Crippen LogP contribution in [0.25, 0.3) is 0 Å². The number of hydrogen-bond donors (Lipinski definition) is 1. The van der Waals surface area contributed by atoms with E-state index in [9.17, 15) is 13.0 Å². The molecule has 0 atom stereocenters. The molecular weight excluding hydrogens is 380 g/mol. The standard InChI is InChI=1S/C25H28O3S/c1-4-23-16-21(10-9-18(23)3)14-19-7-6-8-20(13-19)15-22-11-12-25(29(26,27)28)24(5-2)17-22/h6-13,16-17H,4-5,14-15H2,1-3H3,(H,26,27,28). The average Bonchev–Trinajstić information content (AvgIpc) is 2.68. The minimum Gasteiger partial charge on any atom is -0.282 e. The maximum Gasteiger partial charge on any atom is 0.294 e. The fourth-order valence-corrected chi connectivity index (χ4v) is 4.58. The molecule has 3 nitrogen and oxygen atoms in total. The summed E-state index contributed by atoms with van der Waals surface area (Å²) in [5.41, 5.74) is 8.18. The lowest BCUT2D eigenvalue weighted by molar-refractivity contribution is 0.482. The van der Waals surface area contributed by atoms with E-state index in [1.165, 1.54) is 33.9 Å². The van der Waals surface area contributed by atoms with Gasteiger partial charge in [0.15, 0.2) is 0 Å². The molecule has 0 unspecified atom stereocenters. The van der Waals surface area contributed by atoms with Gasteiger partial charge in [-0.3, -0.25) is 4.55 Å². The van der Waals surface area contributed by atoms with Gasteiger partial charge < -0.3 is 0 Å². The molecule has 0 heterocycles. The third kappa shape index (κ3) is 5.34. The van der Waals surface area contributed by atoms with Gasteiger partial charge in [-0.15, -0.1) is 0 Å². The van der Waals surface area contributed by atoms with Crippen molar-refractivity contribution >= 4 is 10.1 Å². The Kier molecular flexibility index (Phi) is 6.56. The molecule has 0 aliphatic carbocycles. The van der Waals surface area contributed by atoms with Crippen molar-refractivity contribution in [3.8, 4) is 0 Å². The Morgan fingerprint density at radius 2 is 1.24 bits per heavy atom. The van der Waals surface area contributed by atoms with Gasteiger partial charge in [-0.05, 0) is 77.6 Å². The Hall–Kier alpha value is -2.43. The maximum absolute atomic E-state index is 11.5. The topological polar surface area (TPSA) is 54.4 Å². The summed E-state index contributed by atoms with van der Waals surface area (Å²) in [7, 11) is -4.19. The quantitative estimate of drug-likeness (QED) is 0.522. The monoisotopic (exact) mass is 408 g/mol. The van der Waals surface area contributed by atoms with E-state index < -0.39 is 10.1 Å². The smallest absolute Gasteiger partial charge is 0.282 e. The summed E-state index contributed by atoms with van der Waals surface area (Å²) in [6.07, 6.45) is 3.21. The van der Waals surface area contributed by atoms with Crippen LogP contribution in [-0.2, 0) is 35.8 Å². The highest BCUT2D eigenvalue weighted by Gasteiger charge is 2.14. The minimum absolute atomic E-state index is 0.00333. The molecule has 152 valence electrons.